The van der Waals surface area contributed by atoms with Crippen LogP contribution in [0.1, 0.15) is 38.5 Å². The molecular weight excluding hydrogens is 202 g/mol. The summed E-state index contributed by atoms with van der Waals surface area (Å²) in [6, 6.07) is 0. The molecule has 4 fully saturated rings. The van der Waals surface area contributed by atoms with Gasteiger partial charge in [-0.3, -0.25) is 10.2 Å². The highest BCUT2D eigenvalue weighted by atomic mass is 16.2. The molecule has 0 heterocycles. The van der Waals surface area contributed by atoms with Crippen LogP contribution < -0.4 is 16.6 Å². The molecule has 4 aliphatic carbocycles. The van der Waals surface area contributed by atoms with Gasteiger partial charge in [0.1, 0.15) is 0 Å². The maximum absolute atomic E-state index is 11.2. The van der Waals surface area contributed by atoms with Gasteiger partial charge in [-0.2, -0.15) is 0 Å². The van der Waals surface area contributed by atoms with E-state index in [1.165, 1.54) is 38.5 Å². The lowest BCUT2D eigenvalue weighted by molar-refractivity contribution is -0.123. The van der Waals surface area contributed by atoms with E-state index in [0.717, 1.165) is 17.8 Å². The minimum Gasteiger partial charge on any atom is -0.322 e. The number of hydrogen-bond donors (Lipinski definition) is 3. The Balaban J connectivity index is 1.67. The maximum Gasteiger partial charge on any atom is 0.247 e. The van der Waals surface area contributed by atoms with Gasteiger partial charge in [-0.05, 0) is 56.3 Å². The molecule has 0 aromatic carbocycles. The molecule has 90 valence electrons. The van der Waals surface area contributed by atoms with Gasteiger partial charge >= 0.3 is 0 Å². The summed E-state index contributed by atoms with van der Waals surface area (Å²) in [6.07, 6.45) is 7.99. The Morgan fingerprint density at radius 3 is 2.06 bits per heavy atom. The van der Waals surface area contributed by atoms with E-state index in [9.17, 15) is 4.79 Å². The van der Waals surface area contributed by atoms with E-state index in [1.807, 2.05) is 0 Å². The molecular formula is C12H21N3O. The Morgan fingerprint density at radius 1 is 1.12 bits per heavy atom. The molecule has 4 rings (SSSR count). The van der Waals surface area contributed by atoms with Crippen LogP contribution >= 0.6 is 0 Å². The van der Waals surface area contributed by atoms with Crippen LogP contribution in [0.15, 0.2) is 0 Å². The summed E-state index contributed by atoms with van der Waals surface area (Å²) in [5, 5.41) is 0. The Morgan fingerprint density at radius 2 is 1.62 bits per heavy atom. The number of hydrazine groups is 1. The summed E-state index contributed by atoms with van der Waals surface area (Å²) in [7, 11) is 0. The van der Waals surface area contributed by atoms with E-state index in [4.69, 9.17) is 5.73 Å². The first-order chi connectivity index (χ1) is 7.69. The first-order valence-corrected chi connectivity index (χ1v) is 6.45. The van der Waals surface area contributed by atoms with Crippen molar-refractivity contribution in [2.45, 2.75) is 44.1 Å². The Kier molecular flexibility index (Phi) is 2.44. The van der Waals surface area contributed by atoms with Crippen LogP contribution in [0.3, 0.4) is 0 Å². The number of amides is 1. The summed E-state index contributed by atoms with van der Waals surface area (Å²) in [5.74, 6) is 2.59. The number of nitrogens with one attached hydrogen (secondary N) is 2. The molecule has 0 atom stereocenters. The summed E-state index contributed by atoms with van der Waals surface area (Å²) < 4.78 is 0. The predicted octanol–water partition coefficient (Wildman–Crippen LogP) is 0.535. The highest BCUT2D eigenvalue weighted by Gasteiger charge is 2.50. The summed E-state index contributed by atoms with van der Waals surface area (Å²) in [5.41, 5.74) is 11.6. The lowest BCUT2D eigenvalue weighted by Crippen LogP contribution is -2.63. The SMILES string of the molecule is NCC(=O)NNC12CC3CC(CC(C3)C1)C2. The molecule has 1 amide bonds. The van der Waals surface area contributed by atoms with Crippen LogP contribution in [-0.4, -0.2) is 18.0 Å². The first kappa shape index (κ1) is 10.5. The molecule has 16 heavy (non-hydrogen) atoms. The van der Waals surface area contributed by atoms with Crippen molar-refractivity contribution in [2.24, 2.45) is 23.5 Å². The van der Waals surface area contributed by atoms with Gasteiger partial charge in [0.25, 0.3) is 0 Å². The maximum atomic E-state index is 11.2. The van der Waals surface area contributed by atoms with Crippen LogP contribution in [0.25, 0.3) is 0 Å². The van der Waals surface area contributed by atoms with Crippen LogP contribution in [-0.2, 0) is 4.79 Å². The van der Waals surface area contributed by atoms with Crippen molar-refractivity contribution in [1.29, 1.82) is 0 Å². The zero-order valence-corrected chi connectivity index (χ0v) is 9.67. The van der Waals surface area contributed by atoms with Crippen molar-refractivity contribution in [3.63, 3.8) is 0 Å². The minimum absolute atomic E-state index is 0.0688. The van der Waals surface area contributed by atoms with Gasteiger partial charge in [-0.25, -0.2) is 5.43 Å². The zero-order valence-electron chi connectivity index (χ0n) is 9.67. The molecule has 4 aliphatic rings. The average Bonchev–Trinajstić information content (AvgIpc) is 2.24. The van der Waals surface area contributed by atoms with Crippen LogP contribution in [0.5, 0.6) is 0 Å². The van der Waals surface area contributed by atoms with E-state index in [0.29, 0.717) is 0 Å². The van der Waals surface area contributed by atoms with Crippen molar-refractivity contribution in [2.75, 3.05) is 6.54 Å². The van der Waals surface area contributed by atoms with Gasteiger partial charge in [-0.1, -0.05) is 0 Å². The van der Waals surface area contributed by atoms with Gasteiger partial charge in [0.2, 0.25) is 5.91 Å². The fraction of sp³-hybridized carbons (Fsp3) is 0.917. The lowest BCUT2D eigenvalue weighted by atomic mass is 9.53. The Bertz CT molecular complexity index is 267. The second kappa shape index (κ2) is 3.70. The molecule has 0 saturated heterocycles. The highest BCUT2D eigenvalue weighted by molar-refractivity contribution is 5.77. The molecule has 4 saturated carbocycles. The third kappa shape index (κ3) is 1.74. The van der Waals surface area contributed by atoms with Gasteiger partial charge in [0, 0.05) is 5.54 Å². The van der Waals surface area contributed by atoms with Crippen molar-refractivity contribution >= 4 is 5.91 Å². The summed E-state index contributed by atoms with van der Waals surface area (Å²) >= 11 is 0. The minimum atomic E-state index is -0.101. The van der Waals surface area contributed by atoms with Crippen LogP contribution in [0.2, 0.25) is 0 Å². The Hall–Kier alpha value is -0.610. The fourth-order valence-electron chi connectivity index (χ4n) is 4.52. The van der Waals surface area contributed by atoms with Gasteiger partial charge < -0.3 is 5.73 Å². The lowest BCUT2D eigenvalue weighted by Gasteiger charge is -2.56. The zero-order chi connectivity index (χ0) is 11.2. The molecule has 4 heteroatoms. The molecule has 0 spiro atoms. The monoisotopic (exact) mass is 223 g/mol. The van der Waals surface area contributed by atoms with Crippen molar-refractivity contribution in [3.8, 4) is 0 Å². The Labute approximate surface area is 96.3 Å². The summed E-state index contributed by atoms with van der Waals surface area (Å²) in [4.78, 5) is 11.2. The molecule has 4 N–H and O–H groups in total. The van der Waals surface area contributed by atoms with Crippen LogP contribution in [0.4, 0.5) is 0 Å². The second-order valence-corrected chi connectivity index (χ2v) is 6.08. The largest absolute Gasteiger partial charge is 0.322 e. The highest BCUT2D eigenvalue weighted by Crippen LogP contribution is 2.55. The van der Waals surface area contributed by atoms with Gasteiger partial charge in [0.15, 0.2) is 0 Å². The molecule has 0 aromatic rings. The molecule has 0 unspecified atom stereocenters. The van der Waals surface area contributed by atoms with E-state index in [1.54, 1.807) is 0 Å². The van der Waals surface area contributed by atoms with E-state index in [2.05, 4.69) is 10.9 Å². The van der Waals surface area contributed by atoms with Gasteiger partial charge in [0.05, 0.1) is 6.54 Å². The van der Waals surface area contributed by atoms with Crippen molar-refractivity contribution in [1.82, 2.24) is 10.9 Å². The van der Waals surface area contributed by atoms with Crippen molar-refractivity contribution in [3.05, 3.63) is 0 Å². The fourth-order valence-corrected chi connectivity index (χ4v) is 4.52. The molecule has 0 radical (unpaired) electrons. The third-order valence-corrected chi connectivity index (χ3v) is 4.69. The number of rotatable bonds is 3. The molecule has 0 aliphatic heterocycles. The van der Waals surface area contributed by atoms with Crippen molar-refractivity contribution < 1.29 is 4.79 Å². The predicted molar refractivity (Wildman–Crippen MR) is 61.2 cm³/mol. The quantitative estimate of drug-likeness (QED) is 0.612. The molecule has 4 bridgehead atoms. The number of nitrogens with two attached hydrogens (primary N) is 1. The third-order valence-electron chi connectivity index (χ3n) is 4.69. The number of hydrogen-bond acceptors (Lipinski definition) is 3. The van der Waals surface area contributed by atoms with E-state index < -0.39 is 0 Å². The number of carbonyl (C=O) groups excluding carboxylic acids is 1. The standard InChI is InChI=1S/C12H21N3O/c13-7-11(16)14-15-12-4-8-1-9(5-12)3-10(2-8)6-12/h8-10,15H,1-7,13H2,(H,14,16). The second-order valence-electron chi connectivity index (χ2n) is 6.08. The van der Waals surface area contributed by atoms with Gasteiger partial charge in [-0.15, -0.1) is 0 Å². The summed E-state index contributed by atoms with van der Waals surface area (Å²) in [6.45, 7) is 0.0688. The smallest absolute Gasteiger partial charge is 0.247 e. The van der Waals surface area contributed by atoms with E-state index >= 15 is 0 Å². The van der Waals surface area contributed by atoms with Crippen LogP contribution in [0, 0.1) is 17.8 Å². The first-order valence-electron chi connectivity index (χ1n) is 6.45. The topological polar surface area (TPSA) is 67.2 Å². The van der Waals surface area contributed by atoms with E-state index in [-0.39, 0.29) is 18.0 Å². The average molecular weight is 223 g/mol. The molecule has 0 aromatic heterocycles. The number of carbonyl (C=O) groups is 1. The normalized spacial score (nSPS) is 44.7. The molecule has 4 nitrogen and oxygen atoms in total.